The normalized spacial score (nSPS) is 12.3. The summed E-state index contributed by atoms with van der Waals surface area (Å²) in [6.45, 7) is 5.27. The fraction of sp³-hybridized carbons (Fsp3) is 0.400. The molecule has 0 radical (unpaired) electrons. The number of hydrogen-bond donors (Lipinski definition) is 2. The Morgan fingerprint density at radius 3 is 2.59 bits per heavy atom. The second-order valence-corrected chi connectivity index (χ2v) is 5.55. The van der Waals surface area contributed by atoms with E-state index >= 15 is 0 Å². The summed E-state index contributed by atoms with van der Waals surface area (Å²) in [4.78, 5) is 12.3. The smallest absolute Gasteiger partial charge is 0.269 e. The number of rotatable bonds is 9. The predicted octanol–water partition coefficient (Wildman–Crippen LogP) is 3.30. The van der Waals surface area contributed by atoms with Crippen LogP contribution in [0.15, 0.2) is 45.2 Å². The zero-order valence-electron chi connectivity index (χ0n) is 12.9. The molecular weight excluding hydrogens is 300 g/mol. The van der Waals surface area contributed by atoms with Crippen LogP contribution in [-0.4, -0.2) is 23.7 Å². The van der Waals surface area contributed by atoms with Crippen molar-refractivity contribution in [3.05, 3.63) is 45.4 Å². The maximum atomic E-state index is 10.7. The van der Waals surface area contributed by atoms with Gasteiger partial charge < -0.3 is 11.2 Å². The molecule has 6 nitrogen and oxygen atoms in total. The average molecular weight is 322 g/mol. The summed E-state index contributed by atoms with van der Waals surface area (Å²) in [6, 6.07) is 6.54. The Hall–Kier alpha value is -1.86. The monoisotopic (exact) mass is 322 g/mol. The SMILES string of the molecule is CC/C=C(Sc1ccc([N+](=O)[O-])cc1)/C(CC)=N\NCCN. The van der Waals surface area contributed by atoms with Crippen LogP contribution in [0.5, 0.6) is 0 Å². The molecule has 0 aliphatic carbocycles. The summed E-state index contributed by atoms with van der Waals surface area (Å²) >= 11 is 1.56. The van der Waals surface area contributed by atoms with Gasteiger partial charge >= 0.3 is 0 Å². The van der Waals surface area contributed by atoms with Crippen molar-refractivity contribution in [2.75, 3.05) is 13.1 Å². The molecule has 0 aliphatic rings. The first-order valence-electron chi connectivity index (χ1n) is 7.24. The van der Waals surface area contributed by atoms with E-state index in [1.54, 1.807) is 23.9 Å². The van der Waals surface area contributed by atoms with Crippen molar-refractivity contribution < 1.29 is 4.92 Å². The standard InChI is InChI=1S/C15H22N4O2S/c1-3-5-15(14(4-2)18-17-11-10-16)22-13-8-6-12(7-9-13)19(20)21/h5-9,17H,3-4,10-11,16H2,1-2H3/b15-5-,18-14-. The number of nitro benzene ring substituents is 1. The Labute approximate surface area is 135 Å². The molecule has 0 fully saturated rings. The van der Waals surface area contributed by atoms with Crippen molar-refractivity contribution in [2.24, 2.45) is 10.8 Å². The van der Waals surface area contributed by atoms with Gasteiger partial charge in [0.1, 0.15) is 0 Å². The molecule has 22 heavy (non-hydrogen) atoms. The highest BCUT2D eigenvalue weighted by atomic mass is 32.2. The number of allylic oxidation sites excluding steroid dienone is 2. The van der Waals surface area contributed by atoms with Crippen LogP contribution in [-0.2, 0) is 0 Å². The van der Waals surface area contributed by atoms with Crippen LogP contribution in [0.25, 0.3) is 0 Å². The third kappa shape index (κ3) is 5.87. The lowest BCUT2D eigenvalue weighted by Crippen LogP contribution is -2.19. The molecule has 0 amide bonds. The first-order chi connectivity index (χ1) is 10.6. The summed E-state index contributed by atoms with van der Waals surface area (Å²) in [5.41, 5.74) is 9.45. The van der Waals surface area contributed by atoms with E-state index in [2.05, 4.69) is 23.5 Å². The predicted molar refractivity (Wildman–Crippen MR) is 92.1 cm³/mol. The van der Waals surface area contributed by atoms with Gasteiger partial charge in [0, 0.05) is 35.0 Å². The van der Waals surface area contributed by atoms with E-state index in [0.717, 1.165) is 28.4 Å². The minimum atomic E-state index is -0.396. The molecule has 0 unspecified atom stereocenters. The van der Waals surface area contributed by atoms with Crippen LogP contribution >= 0.6 is 11.8 Å². The Morgan fingerprint density at radius 2 is 2.09 bits per heavy atom. The number of thioether (sulfide) groups is 1. The van der Waals surface area contributed by atoms with Gasteiger partial charge in [-0.1, -0.05) is 31.7 Å². The third-order valence-electron chi connectivity index (χ3n) is 2.75. The van der Waals surface area contributed by atoms with Crippen LogP contribution in [0.3, 0.4) is 0 Å². The van der Waals surface area contributed by atoms with Gasteiger partial charge in [-0.2, -0.15) is 5.10 Å². The summed E-state index contributed by atoms with van der Waals surface area (Å²) in [5.74, 6) is 0. The lowest BCUT2D eigenvalue weighted by molar-refractivity contribution is -0.384. The topological polar surface area (TPSA) is 93.5 Å². The number of nitro groups is 1. The van der Waals surface area contributed by atoms with Crippen LogP contribution in [0.4, 0.5) is 5.69 Å². The van der Waals surface area contributed by atoms with E-state index in [9.17, 15) is 10.1 Å². The molecule has 0 heterocycles. The zero-order chi connectivity index (χ0) is 16.4. The molecule has 120 valence electrons. The molecule has 0 aromatic heterocycles. The van der Waals surface area contributed by atoms with Gasteiger partial charge in [-0.05, 0) is 25.0 Å². The second-order valence-electron chi connectivity index (χ2n) is 4.44. The van der Waals surface area contributed by atoms with Crippen LogP contribution in [0.1, 0.15) is 26.7 Å². The molecule has 7 heteroatoms. The molecule has 0 saturated carbocycles. The van der Waals surface area contributed by atoms with Gasteiger partial charge in [-0.25, -0.2) is 0 Å². The van der Waals surface area contributed by atoms with Crippen molar-refractivity contribution in [2.45, 2.75) is 31.6 Å². The first-order valence-corrected chi connectivity index (χ1v) is 8.06. The highest BCUT2D eigenvalue weighted by Gasteiger charge is 2.09. The van der Waals surface area contributed by atoms with Gasteiger partial charge in [0.05, 0.1) is 10.6 Å². The van der Waals surface area contributed by atoms with Crippen molar-refractivity contribution in [3.63, 3.8) is 0 Å². The zero-order valence-corrected chi connectivity index (χ0v) is 13.7. The van der Waals surface area contributed by atoms with E-state index in [-0.39, 0.29) is 5.69 Å². The second kappa shape index (κ2) is 9.97. The molecule has 0 saturated heterocycles. The number of benzene rings is 1. The van der Waals surface area contributed by atoms with E-state index in [0.29, 0.717) is 13.1 Å². The molecule has 0 spiro atoms. The molecule has 0 bridgehead atoms. The van der Waals surface area contributed by atoms with Gasteiger partial charge in [0.25, 0.3) is 5.69 Å². The number of nitrogens with one attached hydrogen (secondary N) is 1. The van der Waals surface area contributed by atoms with Crippen LogP contribution in [0.2, 0.25) is 0 Å². The van der Waals surface area contributed by atoms with Crippen LogP contribution < -0.4 is 11.2 Å². The Bertz CT molecular complexity index is 541. The molecule has 1 rings (SSSR count). The molecule has 3 N–H and O–H groups in total. The maximum Gasteiger partial charge on any atom is 0.269 e. The van der Waals surface area contributed by atoms with Gasteiger partial charge in [0.2, 0.25) is 0 Å². The van der Waals surface area contributed by atoms with E-state index in [1.807, 2.05) is 6.92 Å². The van der Waals surface area contributed by atoms with Crippen molar-refractivity contribution in [1.82, 2.24) is 5.43 Å². The van der Waals surface area contributed by atoms with E-state index in [1.165, 1.54) is 12.1 Å². The van der Waals surface area contributed by atoms with Gasteiger partial charge in [-0.3, -0.25) is 10.1 Å². The van der Waals surface area contributed by atoms with E-state index < -0.39 is 4.92 Å². The lowest BCUT2D eigenvalue weighted by Gasteiger charge is -2.10. The Balaban J connectivity index is 2.89. The highest BCUT2D eigenvalue weighted by Crippen LogP contribution is 2.30. The highest BCUT2D eigenvalue weighted by molar-refractivity contribution is 8.04. The average Bonchev–Trinajstić information content (AvgIpc) is 2.52. The fourth-order valence-electron chi connectivity index (χ4n) is 1.69. The molecule has 1 aromatic rings. The number of nitrogens with two attached hydrogens (primary N) is 1. The number of hydrazone groups is 1. The number of nitrogens with zero attached hydrogens (tertiary/aromatic N) is 2. The third-order valence-corrected chi connectivity index (χ3v) is 3.88. The lowest BCUT2D eigenvalue weighted by atomic mass is 10.2. The summed E-state index contributed by atoms with van der Waals surface area (Å²) in [7, 11) is 0. The van der Waals surface area contributed by atoms with Gasteiger partial charge in [0.15, 0.2) is 0 Å². The van der Waals surface area contributed by atoms with Crippen molar-refractivity contribution >= 4 is 23.2 Å². The fourth-order valence-corrected chi connectivity index (χ4v) is 2.77. The van der Waals surface area contributed by atoms with Crippen LogP contribution in [0, 0.1) is 10.1 Å². The molecule has 0 atom stereocenters. The molecule has 1 aromatic carbocycles. The first kappa shape index (κ1) is 18.2. The molecular formula is C15H22N4O2S. The van der Waals surface area contributed by atoms with E-state index in [4.69, 9.17) is 5.73 Å². The summed E-state index contributed by atoms with van der Waals surface area (Å²) in [5, 5.41) is 15.1. The van der Waals surface area contributed by atoms with Crippen molar-refractivity contribution in [3.8, 4) is 0 Å². The van der Waals surface area contributed by atoms with Gasteiger partial charge in [-0.15, -0.1) is 0 Å². The number of non-ortho nitro benzene ring substituents is 1. The number of hydrogen-bond acceptors (Lipinski definition) is 6. The largest absolute Gasteiger partial charge is 0.329 e. The summed E-state index contributed by atoms with van der Waals surface area (Å²) < 4.78 is 0. The minimum absolute atomic E-state index is 0.0966. The minimum Gasteiger partial charge on any atom is -0.329 e. The maximum absolute atomic E-state index is 10.7. The summed E-state index contributed by atoms with van der Waals surface area (Å²) in [6.07, 6.45) is 3.80. The Morgan fingerprint density at radius 1 is 1.41 bits per heavy atom. The van der Waals surface area contributed by atoms with Crippen molar-refractivity contribution in [1.29, 1.82) is 0 Å². The quantitative estimate of drug-likeness (QED) is 0.239. The Kier molecular flexibility index (Phi) is 8.24. The molecule has 0 aliphatic heterocycles.